The minimum Gasteiger partial charge on any atom is -0.309 e. The van der Waals surface area contributed by atoms with Crippen LogP contribution in [0.4, 0.5) is 0 Å². The molecule has 0 unspecified atom stereocenters. The van der Waals surface area contributed by atoms with Crippen LogP contribution in [0.15, 0.2) is 109 Å². The zero-order chi connectivity index (χ0) is 22.2. The molecule has 0 radical (unpaired) electrons. The zero-order valence-electron chi connectivity index (χ0n) is 18.2. The fraction of sp³-hybridized carbons (Fsp3) is 0. The molecule has 158 valence electrons. The molecule has 8 aromatic rings. The van der Waals surface area contributed by atoms with Gasteiger partial charge in [-0.1, -0.05) is 48.5 Å². The molecule has 0 N–H and O–H groups in total. The maximum atomic E-state index is 5.02. The van der Waals surface area contributed by atoms with Gasteiger partial charge in [0.1, 0.15) is 5.65 Å². The first-order valence-electron chi connectivity index (χ1n) is 11.4. The molecule has 4 heterocycles. The highest BCUT2D eigenvalue weighted by Crippen LogP contribution is 2.41. The fourth-order valence-corrected chi connectivity index (χ4v) is 5.60. The summed E-state index contributed by atoms with van der Waals surface area (Å²) in [5, 5.41) is 5.93. The van der Waals surface area contributed by atoms with Crippen LogP contribution >= 0.6 is 0 Å². The van der Waals surface area contributed by atoms with E-state index in [1.165, 1.54) is 27.2 Å². The number of rotatable bonds is 1. The van der Waals surface area contributed by atoms with E-state index in [1.807, 2.05) is 18.5 Å². The molecule has 0 aliphatic rings. The second-order valence-electron chi connectivity index (χ2n) is 8.72. The Kier molecular flexibility index (Phi) is 3.36. The number of hydrogen-bond donors (Lipinski definition) is 0. The third-order valence-corrected chi connectivity index (χ3v) is 6.96. The van der Waals surface area contributed by atoms with Crippen LogP contribution in [0.25, 0.3) is 65.8 Å². The molecule has 0 aliphatic heterocycles. The first kappa shape index (κ1) is 17.8. The van der Waals surface area contributed by atoms with Gasteiger partial charge in [-0.05, 0) is 48.5 Å². The molecule has 0 spiro atoms. The van der Waals surface area contributed by atoms with Gasteiger partial charge < -0.3 is 4.57 Å². The van der Waals surface area contributed by atoms with E-state index in [4.69, 9.17) is 4.98 Å². The van der Waals surface area contributed by atoms with Gasteiger partial charge in [0.2, 0.25) is 0 Å². The molecule has 0 amide bonds. The number of nitrogens with zero attached hydrogens (tertiary/aromatic N) is 4. The van der Waals surface area contributed by atoms with E-state index in [9.17, 15) is 0 Å². The maximum Gasteiger partial charge on any atom is 0.146 e. The average Bonchev–Trinajstić information content (AvgIpc) is 3.46. The summed E-state index contributed by atoms with van der Waals surface area (Å²) in [4.78, 5) is 9.55. The Labute approximate surface area is 194 Å². The van der Waals surface area contributed by atoms with Crippen molar-refractivity contribution in [1.82, 2.24) is 18.9 Å². The predicted octanol–water partition coefficient (Wildman–Crippen LogP) is 7.29. The van der Waals surface area contributed by atoms with Crippen LogP contribution in [0.2, 0.25) is 0 Å². The van der Waals surface area contributed by atoms with Crippen molar-refractivity contribution >= 4 is 60.2 Å². The van der Waals surface area contributed by atoms with Gasteiger partial charge in [0.25, 0.3) is 0 Å². The molecule has 4 nitrogen and oxygen atoms in total. The van der Waals surface area contributed by atoms with E-state index in [-0.39, 0.29) is 0 Å². The highest BCUT2D eigenvalue weighted by atomic mass is 15.0. The van der Waals surface area contributed by atoms with Gasteiger partial charge in [0.05, 0.1) is 27.6 Å². The molecule has 0 atom stereocenters. The number of hydrogen-bond acceptors (Lipinski definition) is 2. The van der Waals surface area contributed by atoms with Gasteiger partial charge in [-0.3, -0.25) is 9.38 Å². The summed E-state index contributed by atoms with van der Waals surface area (Å²) < 4.78 is 4.67. The second kappa shape index (κ2) is 6.42. The van der Waals surface area contributed by atoms with Crippen molar-refractivity contribution in [2.24, 2.45) is 0 Å². The Morgan fingerprint density at radius 1 is 0.529 bits per heavy atom. The monoisotopic (exact) mass is 434 g/mol. The first-order chi connectivity index (χ1) is 16.9. The minimum atomic E-state index is 0.970. The summed E-state index contributed by atoms with van der Waals surface area (Å²) in [6, 6.07) is 34.2. The molecular weight excluding hydrogens is 416 g/mol. The van der Waals surface area contributed by atoms with Crippen LogP contribution in [0.3, 0.4) is 0 Å². The van der Waals surface area contributed by atoms with Crippen molar-refractivity contribution in [1.29, 1.82) is 0 Å². The van der Waals surface area contributed by atoms with E-state index in [0.717, 1.165) is 38.7 Å². The van der Waals surface area contributed by atoms with E-state index in [2.05, 4.69) is 105 Å². The maximum absolute atomic E-state index is 5.02. The van der Waals surface area contributed by atoms with Crippen molar-refractivity contribution in [3.63, 3.8) is 0 Å². The van der Waals surface area contributed by atoms with Crippen molar-refractivity contribution in [2.45, 2.75) is 0 Å². The molecule has 0 aliphatic carbocycles. The van der Waals surface area contributed by atoms with Gasteiger partial charge in [-0.2, -0.15) is 0 Å². The van der Waals surface area contributed by atoms with Crippen molar-refractivity contribution in [3.05, 3.63) is 109 Å². The zero-order valence-corrected chi connectivity index (χ0v) is 18.2. The lowest BCUT2D eigenvalue weighted by Crippen LogP contribution is -1.95. The fourth-order valence-electron chi connectivity index (χ4n) is 5.60. The molecule has 0 fully saturated rings. The molecule has 8 rings (SSSR count). The van der Waals surface area contributed by atoms with E-state index >= 15 is 0 Å². The number of fused-ring (bicyclic) bond motifs is 12. The van der Waals surface area contributed by atoms with E-state index < -0.39 is 0 Å². The van der Waals surface area contributed by atoms with Crippen molar-refractivity contribution in [3.8, 4) is 5.69 Å². The van der Waals surface area contributed by atoms with Crippen molar-refractivity contribution in [2.75, 3.05) is 0 Å². The highest BCUT2D eigenvalue weighted by Gasteiger charge is 2.20. The van der Waals surface area contributed by atoms with Crippen LogP contribution in [-0.2, 0) is 0 Å². The van der Waals surface area contributed by atoms with Gasteiger partial charge in [0, 0.05) is 45.0 Å². The summed E-state index contributed by atoms with van der Waals surface area (Å²) >= 11 is 0. The number of aromatic nitrogens is 4. The van der Waals surface area contributed by atoms with Gasteiger partial charge in [-0.15, -0.1) is 0 Å². The summed E-state index contributed by atoms with van der Waals surface area (Å²) in [6.07, 6.45) is 3.85. The minimum absolute atomic E-state index is 0.970. The van der Waals surface area contributed by atoms with Crippen LogP contribution in [0.5, 0.6) is 0 Å². The third-order valence-electron chi connectivity index (χ3n) is 6.96. The summed E-state index contributed by atoms with van der Waals surface area (Å²) in [7, 11) is 0. The molecule has 4 aromatic heterocycles. The predicted molar refractivity (Wildman–Crippen MR) is 140 cm³/mol. The summed E-state index contributed by atoms with van der Waals surface area (Å²) in [5.74, 6) is 0. The van der Waals surface area contributed by atoms with E-state index in [0.29, 0.717) is 0 Å². The third kappa shape index (κ3) is 2.17. The van der Waals surface area contributed by atoms with Crippen LogP contribution < -0.4 is 0 Å². The molecule has 0 saturated heterocycles. The largest absolute Gasteiger partial charge is 0.309 e. The number of pyridine rings is 2. The summed E-state index contributed by atoms with van der Waals surface area (Å²) in [6.45, 7) is 0. The molecule has 0 bridgehead atoms. The van der Waals surface area contributed by atoms with Crippen LogP contribution in [-0.4, -0.2) is 18.9 Å². The lowest BCUT2D eigenvalue weighted by molar-refractivity contribution is 1.18. The lowest BCUT2D eigenvalue weighted by Gasteiger charge is -2.11. The topological polar surface area (TPSA) is 35.1 Å². The quantitative estimate of drug-likeness (QED) is 0.254. The average molecular weight is 435 g/mol. The number of para-hydroxylation sites is 4. The van der Waals surface area contributed by atoms with Gasteiger partial charge >= 0.3 is 0 Å². The molecular formula is C30H18N4. The first-order valence-corrected chi connectivity index (χ1v) is 11.4. The molecule has 34 heavy (non-hydrogen) atoms. The second-order valence-corrected chi connectivity index (χ2v) is 8.72. The smallest absolute Gasteiger partial charge is 0.146 e. The molecule has 0 saturated carbocycles. The molecule has 4 aromatic carbocycles. The SMILES string of the molecule is c1ccc(-n2c3ccccc3c3c4c5cnccc5c5nc6ccccc6n5c4ccc32)cc1. The van der Waals surface area contributed by atoms with Gasteiger partial charge in [0.15, 0.2) is 0 Å². The lowest BCUT2D eigenvalue weighted by atomic mass is 10.0. The Balaban J connectivity index is 1.72. The van der Waals surface area contributed by atoms with Gasteiger partial charge in [-0.25, -0.2) is 4.98 Å². The molecule has 4 heteroatoms. The number of benzene rings is 4. The Hall–Kier alpha value is -4.70. The standard InChI is InChI=1S/C30H18N4/c1-2-8-19(9-3-1)33-24-12-6-4-10-21(24)28-26(33)14-15-27-29(28)22-18-31-17-16-20(22)30-32-23-11-5-7-13-25(23)34(27)30/h1-18H. The number of imidazole rings is 1. The van der Waals surface area contributed by atoms with Crippen LogP contribution in [0.1, 0.15) is 0 Å². The highest BCUT2D eigenvalue weighted by molar-refractivity contribution is 6.29. The van der Waals surface area contributed by atoms with Crippen LogP contribution in [0, 0.1) is 0 Å². The Morgan fingerprint density at radius 3 is 2.18 bits per heavy atom. The van der Waals surface area contributed by atoms with E-state index in [1.54, 1.807) is 0 Å². The Bertz CT molecular complexity index is 2060. The normalized spacial score (nSPS) is 12.1. The summed E-state index contributed by atoms with van der Waals surface area (Å²) in [5.41, 5.74) is 7.78. The van der Waals surface area contributed by atoms with Crippen molar-refractivity contribution < 1.29 is 0 Å². The Morgan fingerprint density at radius 2 is 1.26 bits per heavy atom.